The van der Waals surface area contributed by atoms with Crippen molar-refractivity contribution in [2.24, 2.45) is 5.41 Å². The van der Waals surface area contributed by atoms with Crippen LogP contribution in [-0.4, -0.2) is 72.6 Å². The minimum Gasteiger partial charge on any atom is -0.447 e. The Morgan fingerprint density at radius 2 is 1.83 bits per heavy atom. The number of carbonyl (C=O) groups is 1. The Morgan fingerprint density at radius 1 is 1.10 bits per heavy atom. The molecule has 4 fully saturated rings. The number of aliphatic hydroxyl groups excluding tert-OH is 1. The minimum absolute atomic E-state index is 0.0701. The van der Waals surface area contributed by atoms with E-state index in [0.29, 0.717) is 24.6 Å². The van der Waals surface area contributed by atoms with Gasteiger partial charge in [0.15, 0.2) is 0 Å². The summed E-state index contributed by atoms with van der Waals surface area (Å²) in [5.41, 5.74) is 2.41. The zero-order valence-corrected chi connectivity index (χ0v) is 18.1. The molecule has 1 aromatic rings. The highest BCUT2D eigenvalue weighted by atomic mass is 16.6. The number of likely N-dealkylation sites (tertiary alicyclic amines) is 1. The molecular formula is C23H34N4O3. The van der Waals surface area contributed by atoms with Gasteiger partial charge >= 0.3 is 6.09 Å². The van der Waals surface area contributed by atoms with Crippen LogP contribution in [0.25, 0.3) is 0 Å². The maximum absolute atomic E-state index is 11.8. The number of aryl methyl sites for hydroxylation is 1. The second-order valence-corrected chi connectivity index (χ2v) is 9.77. The van der Waals surface area contributed by atoms with Gasteiger partial charge in [-0.25, -0.2) is 9.78 Å². The third kappa shape index (κ3) is 3.78. The minimum atomic E-state index is -0.276. The fourth-order valence-electron chi connectivity index (χ4n) is 5.97. The number of hydrogen-bond donors (Lipinski definition) is 1. The monoisotopic (exact) mass is 414 g/mol. The van der Waals surface area contributed by atoms with E-state index in [0.717, 1.165) is 55.8 Å². The summed E-state index contributed by atoms with van der Waals surface area (Å²) in [6.45, 7) is 7.69. The van der Waals surface area contributed by atoms with Gasteiger partial charge in [0.1, 0.15) is 12.4 Å². The molecule has 1 spiro atoms. The van der Waals surface area contributed by atoms with Crippen LogP contribution >= 0.6 is 0 Å². The maximum atomic E-state index is 11.8. The van der Waals surface area contributed by atoms with Crippen LogP contribution in [-0.2, 0) is 4.74 Å². The smallest absolute Gasteiger partial charge is 0.414 e. The lowest BCUT2D eigenvalue weighted by atomic mass is 9.77. The average molecular weight is 415 g/mol. The van der Waals surface area contributed by atoms with Crippen molar-refractivity contribution < 1.29 is 14.6 Å². The number of hydrogen-bond acceptors (Lipinski definition) is 6. The fourth-order valence-corrected chi connectivity index (χ4v) is 5.97. The Morgan fingerprint density at radius 3 is 2.50 bits per heavy atom. The van der Waals surface area contributed by atoms with Gasteiger partial charge in [0.05, 0.1) is 24.5 Å². The Hall–Kier alpha value is -1.86. The molecule has 0 bridgehead atoms. The molecular weight excluding hydrogens is 380 g/mol. The first kappa shape index (κ1) is 20.1. The predicted octanol–water partition coefficient (Wildman–Crippen LogP) is 2.94. The van der Waals surface area contributed by atoms with Crippen LogP contribution in [0.2, 0.25) is 0 Å². The molecule has 164 valence electrons. The lowest BCUT2D eigenvalue weighted by Gasteiger charge is -2.41. The second-order valence-electron chi connectivity index (χ2n) is 9.77. The van der Waals surface area contributed by atoms with Gasteiger partial charge in [-0.1, -0.05) is 0 Å². The Balaban J connectivity index is 1.20. The Labute approximate surface area is 179 Å². The van der Waals surface area contributed by atoms with Gasteiger partial charge in [0.2, 0.25) is 0 Å². The van der Waals surface area contributed by atoms with Crippen molar-refractivity contribution in [1.82, 2.24) is 9.88 Å². The highest BCUT2D eigenvalue weighted by molar-refractivity contribution is 5.89. The van der Waals surface area contributed by atoms with Gasteiger partial charge in [-0.3, -0.25) is 9.80 Å². The number of nitrogens with zero attached hydrogens (tertiary/aromatic N) is 4. The number of rotatable bonds is 3. The molecule has 4 aliphatic rings. The van der Waals surface area contributed by atoms with Crippen LogP contribution in [0.5, 0.6) is 0 Å². The molecule has 4 heterocycles. The summed E-state index contributed by atoms with van der Waals surface area (Å²) in [4.78, 5) is 23.4. The number of pyridine rings is 1. The van der Waals surface area contributed by atoms with E-state index in [1.54, 1.807) is 4.90 Å². The van der Waals surface area contributed by atoms with Crippen molar-refractivity contribution in [3.63, 3.8) is 0 Å². The number of carbonyl (C=O) groups excluding carboxylic acids is 1. The van der Waals surface area contributed by atoms with E-state index >= 15 is 0 Å². The molecule has 3 aliphatic heterocycles. The molecule has 0 radical (unpaired) electrons. The van der Waals surface area contributed by atoms with Crippen molar-refractivity contribution >= 4 is 17.6 Å². The van der Waals surface area contributed by atoms with E-state index in [1.165, 1.54) is 32.4 Å². The molecule has 5 rings (SSSR count). The number of cyclic esters (lactones) is 1. The van der Waals surface area contributed by atoms with E-state index in [2.05, 4.69) is 22.8 Å². The van der Waals surface area contributed by atoms with Crippen LogP contribution in [0.3, 0.4) is 0 Å². The van der Waals surface area contributed by atoms with Crippen molar-refractivity contribution in [3.8, 4) is 0 Å². The third-order valence-electron chi connectivity index (χ3n) is 7.88. The van der Waals surface area contributed by atoms with E-state index in [4.69, 9.17) is 9.72 Å². The molecule has 0 atom stereocenters. The lowest BCUT2D eigenvalue weighted by molar-refractivity contribution is 0.0762. The standard InChI is InChI=1S/C23H34N4O3/c1-17-14-19(27-12-13-30-22(27)29)15-24-21(17)25-9-6-23(7-10-25)8-11-26(16-23)18-2-4-20(28)5-3-18/h14-15,18,20,28H,2-13,16H2,1H3. The van der Waals surface area contributed by atoms with E-state index in [-0.39, 0.29) is 12.2 Å². The van der Waals surface area contributed by atoms with Crippen LogP contribution in [0.4, 0.5) is 16.3 Å². The number of piperidine rings is 1. The summed E-state index contributed by atoms with van der Waals surface area (Å²) in [5.74, 6) is 1.05. The largest absolute Gasteiger partial charge is 0.447 e. The molecule has 1 aromatic heterocycles. The second kappa shape index (κ2) is 8.00. The maximum Gasteiger partial charge on any atom is 0.414 e. The Bertz CT molecular complexity index is 785. The molecule has 3 saturated heterocycles. The predicted molar refractivity (Wildman–Crippen MR) is 116 cm³/mol. The van der Waals surface area contributed by atoms with Gasteiger partial charge < -0.3 is 14.7 Å². The zero-order chi connectivity index (χ0) is 20.7. The molecule has 7 nitrogen and oxygen atoms in total. The summed E-state index contributed by atoms with van der Waals surface area (Å²) in [6.07, 6.45) is 9.47. The molecule has 30 heavy (non-hydrogen) atoms. The Kier molecular flexibility index (Phi) is 5.35. The number of amides is 1. The highest BCUT2D eigenvalue weighted by Gasteiger charge is 2.43. The first-order chi connectivity index (χ1) is 14.5. The number of ether oxygens (including phenoxy) is 1. The molecule has 0 unspecified atom stereocenters. The van der Waals surface area contributed by atoms with E-state index in [9.17, 15) is 9.90 Å². The van der Waals surface area contributed by atoms with E-state index < -0.39 is 0 Å². The van der Waals surface area contributed by atoms with Gasteiger partial charge in [0, 0.05) is 25.7 Å². The molecule has 1 N–H and O–H groups in total. The van der Waals surface area contributed by atoms with Crippen LogP contribution in [0.1, 0.15) is 50.5 Å². The normalized spacial score (nSPS) is 29.6. The van der Waals surface area contributed by atoms with Gasteiger partial charge in [-0.05, 0) is 75.5 Å². The third-order valence-corrected chi connectivity index (χ3v) is 7.88. The quantitative estimate of drug-likeness (QED) is 0.820. The first-order valence-corrected chi connectivity index (χ1v) is 11.6. The summed E-state index contributed by atoms with van der Waals surface area (Å²) < 4.78 is 5.05. The van der Waals surface area contributed by atoms with Gasteiger partial charge in [-0.2, -0.15) is 0 Å². The zero-order valence-electron chi connectivity index (χ0n) is 18.1. The lowest BCUT2D eigenvalue weighted by Crippen LogP contribution is -2.44. The van der Waals surface area contributed by atoms with Crippen molar-refractivity contribution in [2.45, 2.75) is 64.0 Å². The number of anilines is 2. The van der Waals surface area contributed by atoms with Crippen LogP contribution < -0.4 is 9.80 Å². The SMILES string of the molecule is Cc1cc(N2CCOC2=O)cnc1N1CCC2(CC1)CCN(C1CCC(O)CC1)C2. The number of aromatic nitrogens is 1. The van der Waals surface area contributed by atoms with Crippen molar-refractivity contribution in [2.75, 3.05) is 49.1 Å². The van der Waals surface area contributed by atoms with E-state index in [1.807, 2.05) is 6.20 Å². The van der Waals surface area contributed by atoms with Crippen LogP contribution in [0, 0.1) is 12.3 Å². The summed E-state index contributed by atoms with van der Waals surface area (Å²) in [5, 5.41) is 9.81. The molecule has 1 saturated carbocycles. The van der Waals surface area contributed by atoms with Crippen molar-refractivity contribution in [1.29, 1.82) is 0 Å². The highest BCUT2D eigenvalue weighted by Crippen LogP contribution is 2.43. The van der Waals surface area contributed by atoms with Gasteiger partial charge in [-0.15, -0.1) is 0 Å². The van der Waals surface area contributed by atoms with Gasteiger partial charge in [0.25, 0.3) is 0 Å². The topological polar surface area (TPSA) is 69.1 Å². The summed E-state index contributed by atoms with van der Waals surface area (Å²) >= 11 is 0. The first-order valence-electron chi connectivity index (χ1n) is 11.6. The molecule has 0 aromatic carbocycles. The fraction of sp³-hybridized carbons (Fsp3) is 0.739. The van der Waals surface area contributed by atoms with Crippen LogP contribution in [0.15, 0.2) is 12.3 Å². The molecule has 7 heteroatoms. The average Bonchev–Trinajstić information content (AvgIpc) is 3.36. The molecule has 1 amide bonds. The van der Waals surface area contributed by atoms with Crippen molar-refractivity contribution in [3.05, 3.63) is 17.8 Å². The number of aliphatic hydroxyl groups is 1. The summed E-state index contributed by atoms with van der Waals surface area (Å²) in [7, 11) is 0. The summed E-state index contributed by atoms with van der Waals surface area (Å²) in [6, 6.07) is 2.74. The molecule has 1 aliphatic carbocycles.